The number of benzene rings is 1. The van der Waals surface area contributed by atoms with Gasteiger partial charge in [0.05, 0.1) is 16.5 Å². The molecule has 7 rings (SSSR count). The van der Waals surface area contributed by atoms with E-state index in [4.69, 9.17) is 9.72 Å². The van der Waals surface area contributed by atoms with E-state index in [2.05, 4.69) is 42.2 Å². The third-order valence-electron chi connectivity index (χ3n) is 8.61. The number of aromatic nitrogens is 2. The Kier molecular flexibility index (Phi) is 6.92. The predicted octanol–water partition coefficient (Wildman–Crippen LogP) is 5.11. The van der Waals surface area contributed by atoms with Crippen LogP contribution in [0, 0.1) is 23.2 Å². The molecule has 202 valence electrons. The predicted molar refractivity (Wildman–Crippen MR) is 148 cm³/mol. The summed E-state index contributed by atoms with van der Waals surface area (Å²) in [6.07, 6.45) is 8.98. The van der Waals surface area contributed by atoms with E-state index in [1.54, 1.807) is 13.1 Å². The molecule has 1 aromatic carbocycles. The summed E-state index contributed by atoms with van der Waals surface area (Å²) < 4.78 is 5.75. The number of hydrogen-bond acceptors (Lipinski definition) is 7. The van der Waals surface area contributed by atoms with E-state index in [1.807, 2.05) is 24.3 Å². The molecule has 0 radical (unpaired) electrons. The van der Waals surface area contributed by atoms with Crippen LogP contribution in [0.3, 0.4) is 0 Å². The molecule has 5 saturated carbocycles. The number of ether oxygens (including phenoxy) is 1. The maximum Gasteiger partial charge on any atom is 0.407 e. The fourth-order valence-electron chi connectivity index (χ4n) is 7.04. The summed E-state index contributed by atoms with van der Waals surface area (Å²) in [6.45, 7) is 2.48. The molecule has 0 aliphatic heterocycles. The Balaban J connectivity index is 1.12. The van der Waals surface area contributed by atoms with Crippen molar-refractivity contribution in [3.05, 3.63) is 40.5 Å². The van der Waals surface area contributed by atoms with Crippen LogP contribution in [0.15, 0.2) is 34.9 Å². The molecule has 10 heteroatoms. The molecule has 4 N–H and O–H groups in total. The van der Waals surface area contributed by atoms with Crippen molar-refractivity contribution >= 4 is 45.4 Å². The summed E-state index contributed by atoms with van der Waals surface area (Å²) in [5.74, 6) is 3.20. The number of alkyl carbamates (subject to hydrolysis) is 1. The van der Waals surface area contributed by atoms with Crippen LogP contribution in [0.25, 0.3) is 0 Å². The molecule has 1 heterocycles. The first kappa shape index (κ1) is 25.4. The Bertz CT molecular complexity index is 1200. The standard InChI is InChI=1S/C28H35BrN6O3/c1-2-38-27(37)31-14-16-4-3-5-21(10-16)33-26-30-15-22(29)24(35-26)34-23-18-8-17-9-19(23)13-28(11-17,12-18)25(36)32-20-6-7-20/h3-5,10,15,17-20,23H,2,6-9,11-14H2,1H3,(H,31,37)(H,32,36)(H2,30,33,34,35). The van der Waals surface area contributed by atoms with E-state index >= 15 is 0 Å². The molecule has 1 aromatic heterocycles. The van der Waals surface area contributed by atoms with E-state index in [9.17, 15) is 9.59 Å². The zero-order valence-electron chi connectivity index (χ0n) is 21.6. The summed E-state index contributed by atoms with van der Waals surface area (Å²) >= 11 is 3.64. The Labute approximate surface area is 231 Å². The lowest BCUT2D eigenvalue weighted by Crippen LogP contribution is -2.60. The van der Waals surface area contributed by atoms with Gasteiger partial charge in [0.25, 0.3) is 0 Å². The lowest BCUT2D eigenvalue weighted by atomic mass is 9.47. The van der Waals surface area contributed by atoms with Crippen LogP contribution < -0.4 is 21.3 Å². The van der Waals surface area contributed by atoms with Crippen LogP contribution in [0.2, 0.25) is 0 Å². The SMILES string of the molecule is CCOC(=O)NCc1cccc(Nc2ncc(Br)c(NC3C4CC5CC3CC(C(=O)NC3CC3)(C5)C4)n2)c1. The highest BCUT2D eigenvalue weighted by Gasteiger charge is 2.58. The van der Waals surface area contributed by atoms with E-state index < -0.39 is 6.09 Å². The number of carbonyl (C=O) groups is 2. The lowest BCUT2D eigenvalue weighted by Gasteiger charge is -2.59. The van der Waals surface area contributed by atoms with Gasteiger partial charge in [-0.3, -0.25) is 4.79 Å². The minimum atomic E-state index is -0.433. The highest BCUT2D eigenvalue weighted by Crippen LogP contribution is 2.60. The molecule has 0 spiro atoms. The normalized spacial score (nSPS) is 29.0. The maximum absolute atomic E-state index is 13.2. The second-order valence-electron chi connectivity index (χ2n) is 11.5. The first-order valence-electron chi connectivity index (χ1n) is 13.8. The Hall–Kier alpha value is -2.88. The molecule has 2 atom stereocenters. The average Bonchev–Trinajstić information content (AvgIpc) is 3.71. The highest BCUT2D eigenvalue weighted by atomic mass is 79.9. The summed E-state index contributed by atoms with van der Waals surface area (Å²) in [6, 6.07) is 8.49. The van der Waals surface area contributed by atoms with Gasteiger partial charge in [0.2, 0.25) is 11.9 Å². The Morgan fingerprint density at radius 1 is 1.16 bits per heavy atom. The first-order valence-corrected chi connectivity index (χ1v) is 14.6. The molecular weight excluding hydrogens is 548 g/mol. The summed E-state index contributed by atoms with van der Waals surface area (Å²) in [4.78, 5) is 34.1. The topological polar surface area (TPSA) is 117 Å². The molecule has 4 bridgehead atoms. The van der Waals surface area contributed by atoms with Crippen LogP contribution in [0.1, 0.15) is 57.4 Å². The summed E-state index contributed by atoms with van der Waals surface area (Å²) in [5.41, 5.74) is 1.60. The molecule has 38 heavy (non-hydrogen) atoms. The number of amides is 2. The van der Waals surface area contributed by atoms with Gasteiger partial charge >= 0.3 is 6.09 Å². The van der Waals surface area contributed by atoms with E-state index in [0.29, 0.717) is 54.8 Å². The van der Waals surface area contributed by atoms with E-state index in [-0.39, 0.29) is 5.41 Å². The van der Waals surface area contributed by atoms with Gasteiger partial charge in [-0.25, -0.2) is 9.78 Å². The molecule has 0 saturated heterocycles. The molecule has 2 unspecified atom stereocenters. The van der Waals surface area contributed by atoms with Gasteiger partial charge in [-0.1, -0.05) is 12.1 Å². The van der Waals surface area contributed by atoms with Gasteiger partial charge in [0.15, 0.2) is 0 Å². The van der Waals surface area contributed by atoms with Crippen molar-refractivity contribution < 1.29 is 14.3 Å². The second kappa shape index (κ2) is 10.4. The van der Waals surface area contributed by atoms with Crippen molar-refractivity contribution in [1.82, 2.24) is 20.6 Å². The number of halogens is 1. The van der Waals surface area contributed by atoms with E-state index in [0.717, 1.165) is 53.6 Å². The van der Waals surface area contributed by atoms with Gasteiger partial charge in [0, 0.05) is 30.5 Å². The van der Waals surface area contributed by atoms with E-state index in [1.165, 1.54) is 12.8 Å². The van der Waals surface area contributed by atoms with Crippen molar-refractivity contribution in [2.75, 3.05) is 17.2 Å². The number of rotatable bonds is 9. The Morgan fingerprint density at radius 3 is 2.68 bits per heavy atom. The number of hydrogen-bond donors (Lipinski definition) is 4. The van der Waals surface area contributed by atoms with Crippen molar-refractivity contribution in [2.45, 2.75) is 70.5 Å². The van der Waals surface area contributed by atoms with Crippen LogP contribution >= 0.6 is 15.9 Å². The highest BCUT2D eigenvalue weighted by molar-refractivity contribution is 9.10. The van der Waals surface area contributed by atoms with Crippen molar-refractivity contribution in [3.63, 3.8) is 0 Å². The first-order chi connectivity index (χ1) is 18.4. The zero-order valence-corrected chi connectivity index (χ0v) is 23.2. The minimum Gasteiger partial charge on any atom is -0.450 e. The molecule has 2 amide bonds. The van der Waals surface area contributed by atoms with Crippen LogP contribution in [-0.2, 0) is 16.1 Å². The van der Waals surface area contributed by atoms with Crippen LogP contribution in [0.4, 0.5) is 22.2 Å². The maximum atomic E-state index is 13.2. The van der Waals surface area contributed by atoms with Crippen molar-refractivity contribution in [1.29, 1.82) is 0 Å². The number of carbonyl (C=O) groups excluding carboxylic acids is 2. The zero-order chi connectivity index (χ0) is 26.3. The summed E-state index contributed by atoms with van der Waals surface area (Å²) in [5, 5.41) is 13.1. The van der Waals surface area contributed by atoms with Gasteiger partial charge in [0.1, 0.15) is 5.82 Å². The fourth-order valence-corrected chi connectivity index (χ4v) is 7.34. The monoisotopic (exact) mass is 582 g/mol. The third-order valence-corrected chi connectivity index (χ3v) is 9.19. The number of nitrogens with one attached hydrogen (secondary N) is 4. The van der Waals surface area contributed by atoms with Crippen LogP contribution in [-0.4, -0.2) is 40.7 Å². The number of anilines is 3. The molecule has 9 nitrogen and oxygen atoms in total. The Morgan fingerprint density at radius 2 is 1.95 bits per heavy atom. The molecule has 5 aliphatic carbocycles. The molecule has 5 aliphatic rings. The van der Waals surface area contributed by atoms with Gasteiger partial charge < -0.3 is 26.0 Å². The molecule has 2 aromatic rings. The fraction of sp³-hybridized carbons (Fsp3) is 0.571. The van der Waals surface area contributed by atoms with Gasteiger partial charge in [-0.05, 0) is 103 Å². The minimum absolute atomic E-state index is 0.167. The third kappa shape index (κ3) is 5.32. The lowest BCUT2D eigenvalue weighted by molar-refractivity contribution is -0.147. The average molecular weight is 584 g/mol. The largest absolute Gasteiger partial charge is 0.450 e. The van der Waals surface area contributed by atoms with Crippen LogP contribution in [0.5, 0.6) is 0 Å². The second-order valence-corrected chi connectivity index (χ2v) is 12.3. The van der Waals surface area contributed by atoms with Crippen molar-refractivity contribution in [2.24, 2.45) is 23.2 Å². The van der Waals surface area contributed by atoms with Gasteiger partial charge in [-0.15, -0.1) is 0 Å². The summed E-state index contributed by atoms with van der Waals surface area (Å²) in [7, 11) is 0. The quantitative estimate of drug-likeness (QED) is 0.324. The number of nitrogens with zero attached hydrogens (tertiary/aromatic N) is 2. The van der Waals surface area contributed by atoms with Gasteiger partial charge in [-0.2, -0.15) is 4.98 Å². The van der Waals surface area contributed by atoms with Crippen molar-refractivity contribution in [3.8, 4) is 0 Å². The molecule has 5 fully saturated rings. The smallest absolute Gasteiger partial charge is 0.407 e. The molecular formula is C28H35BrN6O3.